The molecule has 29 heavy (non-hydrogen) atoms. The first-order valence-corrected chi connectivity index (χ1v) is 9.78. The Balaban J connectivity index is 1.60. The van der Waals surface area contributed by atoms with Crippen LogP contribution in [0.25, 0.3) is 11.6 Å². The third-order valence-corrected chi connectivity index (χ3v) is 4.81. The van der Waals surface area contributed by atoms with E-state index in [0.29, 0.717) is 35.3 Å². The lowest BCUT2D eigenvalue weighted by molar-refractivity contribution is -0.110. The Hall–Kier alpha value is -3.24. The summed E-state index contributed by atoms with van der Waals surface area (Å²) in [5.41, 5.74) is 4.21. The molecule has 1 heterocycles. The number of anilines is 1. The molecular weight excluding hydrogens is 386 g/mol. The fourth-order valence-corrected chi connectivity index (χ4v) is 3.45. The van der Waals surface area contributed by atoms with Crippen LogP contribution in [0.4, 0.5) is 5.69 Å². The highest BCUT2D eigenvalue weighted by atomic mass is 35.5. The van der Waals surface area contributed by atoms with Crippen LogP contribution < -0.4 is 14.8 Å². The lowest BCUT2D eigenvalue weighted by atomic mass is 10.0. The fourth-order valence-electron chi connectivity index (χ4n) is 3.24. The monoisotopic (exact) mass is 405 g/mol. The SMILES string of the molecule is CCOc1cc(/C=C2\C(=O)Nc3ccccc32)ccc1OCc1cccc(Cl)c1. The average Bonchev–Trinajstić information content (AvgIpc) is 3.03. The van der Waals surface area contributed by atoms with Crippen LogP contribution in [0.3, 0.4) is 0 Å². The van der Waals surface area contributed by atoms with E-state index in [9.17, 15) is 4.79 Å². The number of nitrogens with one attached hydrogen (secondary N) is 1. The highest BCUT2D eigenvalue weighted by Gasteiger charge is 2.23. The van der Waals surface area contributed by atoms with E-state index in [1.807, 2.05) is 79.7 Å². The molecule has 4 rings (SSSR count). The second-order valence-corrected chi connectivity index (χ2v) is 7.05. The number of carbonyl (C=O) groups excluding carboxylic acids is 1. The quantitative estimate of drug-likeness (QED) is 0.526. The molecule has 3 aromatic rings. The van der Waals surface area contributed by atoms with Crippen LogP contribution in [0.5, 0.6) is 11.5 Å². The van der Waals surface area contributed by atoms with Gasteiger partial charge in [0, 0.05) is 21.8 Å². The van der Waals surface area contributed by atoms with Crippen LogP contribution >= 0.6 is 11.6 Å². The minimum atomic E-state index is -0.106. The molecule has 1 amide bonds. The van der Waals surface area contributed by atoms with Gasteiger partial charge < -0.3 is 14.8 Å². The van der Waals surface area contributed by atoms with Crippen molar-refractivity contribution in [1.29, 1.82) is 0 Å². The topological polar surface area (TPSA) is 47.6 Å². The summed E-state index contributed by atoms with van der Waals surface area (Å²) in [6, 6.07) is 20.9. The summed E-state index contributed by atoms with van der Waals surface area (Å²) in [6.45, 7) is 2.82. The van der Waals surface area contributed by atoms with Crippen molar-refractivity contribution < 1.29 is 14.3 Å². The summed E-state index contributed by atoms with van der Waals surface area (Å²) in [5, 5.41) is 3.56. The van der Waals surface area contributed by atoms with Crippen molar-refractivity contribution in [1.82, 2.24) is 0 Å². The van der Waals surface area contributed by atoms with Crippen molar-refractivity contribution in [2.24, 2.45) is 0 Å². The van der Waals surface area contributed by atoms with E-state index in [4.69, 9.17) is 21.1 Å². The summed E-state index contributed by atoms with van der Waals surface area (Å²) in [7, 11) is 0. The Kier molecular flexibility index (Phi) is 5.54. The number of hydrogen-bond donors (Lipinski definition) is 1. The molecule has 0 saturated heterocycles. The number of amides is 1. The van der Waals surface area contributed by atoms with Crippen LogP contribution in [0.15, 0.2) is 66.7 Å². The predicted octanol–water partition coefficient (Wildman–Crippen LogP) is 5.81. The van der Waals surface area contributed by atoms with Gasteiger partial charge in [-0.2, -0.15) is 0 Å². The maximum atomic E-state index is 12.4. The normalized spacial score (nSPS) is 13.9. The van der Waals surface area contributed by atoms with Gasteiger partial charge in [-0.3, -0.25) is 4.79 Å². The molecule has 0 unspecified atom stereocenters. The number of carbonyl (C=O) groups is 1. The van der Waals surface area contributed by atoms with Crippen molar-refractivity contribution in [3.8, 4) is 11.5 Å². The lowest BCUT2D eigenvalue weighted by Gasteiger charge is -2.13. The zero-order valence-electron chi connectivity index (χ0n) is 15.9. The van der Waals surface area contributed by atoms with Gasteiger partial charge in [0.2, 0.25) is 0 Å². The molecule has 0 spiro atoms. The van der Waals surface area contributed by atoms with Crippen LogP contribution in [0, 0.1) is 0 Å². The highest BCUT2D eigenvalue weighted by molar-refractivity contribution is 6.34. The van der Waals surface area contributed by atoms with Crippen LogP contribution in [0.1, 0.15) is 23.6 Å². The van der Waals surface area contributed by atoms with Crippen molar-refractivity contribution >= 4 is 34.8 Å². The number of ether oxygens (including phenoxy) is 2. The Labute approximate surface area is 174 Å². The molecule has 3 aromatic carbocycles. The molecule has 1 aliphatic rings. The summed E-state index contributed by atoms with van der Waals surface area (Å²) < 4.78 is 11.7. The van der Waals surface area contributed by atoms with Gasteiger partial charge in [0.1, 0.15) is 6.61 Å². The average molecular weight is 406 g/mol. The number of para-hydroxylation sites is 1. The van der Waals surface area contributed by atoms with Gasteiger partial charge >= 0.3 is 0 Å². The number of rotatable bonds is 6. The molecule has 1 N–H and O–H groups in total. The maximum absolute atomic E-state index is 12.4. The fraction of sp³-hybridized carbons (Fsp3) is 0.125. The van der Waals surface area contributed by atoms with Gasteiger partial charge in [0.15, 0.2) is 11.5 Å². The molecule has 1 aliphatic heterocycles. The van der Waals surface area contributed by atoms with Gasteiger partial charge in [-0.1, -0.05) is 48.0 Å². The Morgan fingerprint density at radius 2 is 1.83 bits per heavy atom. The van der Waals surface area contributed by atoms with Gasteiger partial charge in [0.25, 0.3) is 5.91 Å². The molecule has 5 heteroatoms. The first kappa shape index (κ1) is 19.1. The first-order valence-electron chi connectivity index (χ1n) is 9.40. The number of benzene rings is 3. The van der Waals surface area contributed by atoms with Gasteiger partial charge in [-0.25, -0.2) is 0 Å². The molecule has 0 aromatic heterocycles. The maximum Gasteiger partial charge on any atom is 0.256 e. The van der Waals surface area contributed by atoms with Crippen LogP contribution in [-0.4, -0.2) is 12.5 Å². The van der Waals surface area contributed by atoms with E-state index >= 15 is 0 Å². The summed E-state index contributed by atoms with van der Waals surface area (Å²) >= 11 is 6.04. The van der Waals surface area contributed by atoms with Gasteiger partial charge in [0.05, 0.1) is 6.61 Å². The van der Waals surface area contributed by atoms with Gasteiger partial charge in [-0.15, -0.1) is 0 Å². The van der Waals surface area contributed by atoms with E-state index < -0.39 is 0 Å². The lowest BCUT2D eigenvalue weighted by Crippen LogP contribution is -2.03. The van der Waals surface area contributed by atoms with Crippen molar-refractivity contribution in [2.75, 3.05) is 11.9 Å². The van der Waals surface area contributed by atoms with Gasteiger partial charge in [-0.05, 0) is 54.5 Å². The number of fused-ring (bicyclic) bond motifs is 1. The van der Waals surface area contributed by atoms with Crippen molar-refractivity contribution in [2.45, 2.75) is 13.5 Å². The second kappa shape index (κ2) is 8.41. The molecular formula is C24H20ClNO3. The summed E-state index contributed by atoms with van der Waals surface area (Å²) in [6.07, 6.45) is 1.87. The molecule has 4 nitrogen and oxygen atoms in total. The van der Waals surface area contributed by atoms with Crippen molar-refractivity contribution in [3.05, 3.63) is 88.4 Å². The second-order valence-electron chi connectivity index (χ2n) is 6.62. The minimum Gasteiger partial charge on any atom is -0.490 e. The van der Waals surface area contributed by atoms with E-state index in [1.165, 1.54) is 0 Å². The third-order valence-electron chi connectivity index (χ3n) is 4.57. The predicted molar refractivity (Wildman–Crippen MR) is 116 cm³/mol. The van der Waals surface area contributed by atoms with E-state index in [2.05, 4.69) is 5.32 Å². The first-order chi connectivity index (χ1) is 14.1. The largest absolute Gasteiger partial charge is 0.490 e. The van der Waals surface area contributed by atoms with E-state index in [-0.39, 0.29) is 5.91 Å². The van der Waals surface area contributed by atoms with Crippen LogP contribution in [-0.2, 0) is 11.4 Å². The molecule has 0 radical (unpaired) electrons. The summed E-state index contributed by atoms with van der Waals surface area (Å²) in [4.78, 5) is 12.4. The Morgan fingerprint density at radius 3 is 2.66 bits per heavy atom. The minimum absolute atomic E-state index is 0.106. The molecule has 0 fully saturated rings. The highest BCUT2D eigenvalue weighted by Crippen LogP contribution is 2.35. The third kappa shape index (κ3) is 4.28. The van der Waals surface area contributed by atoms with E-state index in [1.54, 1.807) is 0 Å². The molecule has 0 atom stereocenters. The zero-order valence-corrected chi connectivity index (χ0v) is 16.7. The molecule has 0 saturated carbocycles. The van der Waals surface area contributed by atoms with Crippen LogP contribution in [0.2, 0.25) is 5.02 Å². The number of halogens is 1. The standard InChI is InChI=1S/C24H20ClNO3/c1-2-28-23-14-16(13-20-19-8-3-4-9-21(19)26-24(20)27)10-11-22(23)29-15-17-6-5-7-18(25)12-17/h3-14H,2,15H2,1H3,(H,26,27)/b20-13-. The zero-order chi connectivity index (χ0) is 20.2. The molecule has 0 aliphatic carbocycles. The summed E-state index contributed by atoms with van der Waals surface area (Å²) in [5.74, 6) is 1.17. The number of hydrogen-bond acceptors (Lipinski definition) is 3. The molecule has 0 bridgehead atoms. The van der Waals surface area contributed by atoms with Crippen molar-refractivity contribution in [3.63, 3.8) is 0 Å². The smallest absolute Gasteiger partial charge is 0.256 e. The van der Waals surface area contributed by atoms with E-state index in [0.717, 1.165) is 22.4 Å². The molecule has 146 valence electrons. The Bertz CT molecular complexity index is 1090. The Morgan fingerprint density at radius 1 is 0.966 bits per heavy atom.